The van der Waals surface area contributed by atoms with Crippen LogP contribution in [0.3, 0.4) is 0 Å². The number of nitrogens with two attached hydrogens (primary N) is 1. The van der Waals surface area contributed by atoms with Crippen LogP contribution in [-0.2, 0) is 4.79 Å². The average molecular weight is 206 g/mol. The highest BCUT2D eigenvalue weighted by Crippen LogP contribution is 2.20. The quantitative estimate of drug-likeness (QED) is 0.790. The molecule has 0 aliphatic carbocycles. The van der Waals surface area contributed by atoms with Crippen molar-refractivity contribution in [2.24, 2.45) is 5.41 Å². The molecule has 0 radical (unpaired) electrons. The van der Waals surface area contributed by atoms with Crippen LogP contribution in [0.15, 0.2) is 24.5 Å². The molecule has 0 saturated carbocycles. The van der Waals surface area contributed by atoms with E-state index in [1.807, 2.05) is 0 Å². The minimum atomic E-state index is -0.893. The number of carbonyl (C=O) groups is 1. The van der Waals surface area contributed by atoms with Crippen LogP contribution in [0.2, 0.25) is 0 Å². The summed E-state index contributed by atoms with van der Waals surface area (Å²) in [6.45, 7) is 3.26. The summed E-state index contributed by atoms with van der Waals surface area (Å²) in [5.41, 5.74) is 6.09. The average Bonchev–Trinajstić information content (AvgIpc) is 2.16. The number of anilines is 1. The van der Waals surface area contributed by atoms with Crippen molar-refractivity contribution in [3.05, 3.63) is 30.1 Å². The number of nitrogen functional groups attached to an aromatic ring is 1. The highest BCUT2D eigenvalue weighted by Gasteiger charge is 2.23. The lowest BCUT2D eigenvalue weighted by Gasteiger charge is -2.13. The summed E-state index contributed by atoms with van der Waals surface area (Å²) in [7, 11) is 0. The van der Waals surface area contributed by atoms with Gasteiger partial charge in [-0.3, -0.25) is 9.78 Å². The van der Waals surface area contributed by atoms with Crippen molar-refractivity contribution in [1.29, 1.82) is 0 Å². The van der Waals surface area contributed by atoms with E-state index in [1.54, 1.807) is 38.3 Å². The van der Waals surface area contributed by atoms with Crippen molar-refractivity contribution >= 4 is 17.7 Å². The van der Waals surface area contributed by atoms with Crippen LogP contribution in [0.4, 0.5) is 5.69 Å². The zero-order valence-electron chi connectivity index (χ0n) is 8.77. The lowest BCUT2D eigenvalue weighted by molar-refractivity contribution is -0.144. The lowest BCUT2D eigenvalue weighted by atomic mass is 9.92. The van der Waals surface area contributed by atoms with Crippen molar-refractivity contribution in [2.45, 2.75) is 13.8 Å². The van der Waals surface area contributed by atoms with Gasteiger partial charge < -0.3 is 10.8 Å². The molecule has 0 aromatic carbocycles. The van der Waals surface area contributed by atoms with Gasteiger partial charge in [-0.05, 0) is 19.9 Å². The molecule has 1 rings (SSSR count). The number of aliphatic carboxylic acids is 1. The Morgan fingerprint density at radius 3 is 2.80 bits per heavy atom. The molecule has 80 valence electrons. The highest BCUT2D eigenvalue weighted by molar-refractivity contribution is 5.78. The van der Waals surface area contributed by atoms with Crippen molar-refractivity contribution < 1.29 is 9.90 Å². The maximum atomic E-state index is 10.8. The van der Waals surface area contributed by atoms with Gasteiger partial charge in [0.1, 0.15) is 0 Å². The molecule has 4 nitrogen and oxygen atoms in total. The molecule has 0 aliphatic rings. The second-order valence-electron chi connectivity index (χ2n) is 3.86. The third kappa shape index (κ3) is 2.80. The maximum absolute atomic E-state index is 10.8. The summed E-state index contributed by atoms with van der Waals surface area (Å²) in [4.78, 5) is 14.7. The normalized spacial score (nSPS) is 11.9. The minimum Gasteiger partial charge on any atom is -0.481 e. The van der Waals surface area contributed by atoms with Gasteiger partial charge in [-0.1, -0.05) is 12.2 Å². The zero-order chi connectivity index (χ0) is 11.5. The number of hydrogen-bond acceptors (Lipinski definition) is 3. The van der Waals surface area contributed by atoms with Crippen LogP contribution >= 0.6 is 0 Å². The second-order valence-corrected chi connectivity index (χ2v) is 3.86. The molecule has 15 heavy (non-hydrogen) atoms. The minimum absolute atomic E-state index is 0.537. The van der Waals surface area contributed by atoms with Gasteiger partial charge in [0, 0.05) is 11.8 Å². The number of hydrogen-bond donors (Lipinski definition) is 2. The fourth-order valence-electron chi connectivity index (χ4n) is 0.939. The standard InChI is InChI=1S/C11H14N2O2/c1-11(2,10(14)15)5-3-8-4-6-13-7-9(8)12/h3-7H,12H2,1-2H3,(H,14,15)/b5-3+. The first-order chi connectivity index (χ1) is 6.93. The number of aromatic nitrogens is 1. The Morgan fingerprint density at radius 2 is 2.27 bits per heavy atom. The van der Waals surface area contributed by atoms with Crippen molar-refractivity contribution in [2.75, 3.05) is 5.73 Å². The fourth-order valence-corrected chi connectivity index (χ4v) is 0.939. The molecule has 0 spiro atoms. The van der Waals surface area contributed by atoms with Crippen molar-refractivity contribution in [1.82, 2.24) is 4.98 Å². The molecule has 0 fully saturated rings. The van der Waals surface area contributed by atoms with Gasteiger partial charge in [0.05, 0.1) is 17.3 Å². The van der Waals surface area contributed by atoms with Gasteiger partial charge in [0.2, 0.25) is 0 Å². The van der Waals surface area contributed by atoms with Gasteiger partial charge in [-0.25, -0.2) is 0 Å². The monoisotopic (exact) mass is 206 g/mol. The molecular weight excluding hydrogens is 192 g/mol. The smallest absolute Gasteiger partial charge is 0.312 e. The van der Waals surface area contributed by atoms with E-state index in [9.17, 15) is 4.79 Å². The summed E-state index contributed by atoms with van der Waals surface area (Å²) < 4.78 is 0. The largest absolute Gasteiger partial charge is 0.481 e. The number of rotatable bonds is 3. The van der Waals surface area contributed by atoms with Gasteiger partial charge in [-0.15, -0.1) is 0 Å². The third-order valence-corrected chi connectivity index (χ3v) is 2.12. The Balaban J connectivity index is 2.92. The number of carboxylic acids is 1. The summed E-state index contributed by atoms with van der Waals surface area (Å²) in [5.74, 6) is -0.869. The highest BCUT2D eigenvalue weighted by atomic mass is 16.4. The van der Waals surface area contributed by atoms with Crippen molar-refractivity contribution in [3.63, 3.8) is 0 Å². The molecule has 0 aliphatic heterocycles. The molecule has 0 atom stereocenters. The van der Waals surface area contributed by atoms with E-state index in [1.165, 1.54) is 6.20 Å². The topological polar surface area (TPSA) is 76.2 Å². The maximum Gasteiger partial charge on any atom is 0.312 e. The van der Waals surface area contributed by atoms with Gasteiger partial charge in [-0.2, -0.15) is 0 Å². The van der Waals surface area contributed by atoms with E-state index in [-0.39, 0.29) is 0 Å². The van der Waals surface area contributed by atoms with Gasteiger partial charge in [0.15, 0.2) is 0 Å². The molecule has 0 bridgehead atoms. The molecule has 1 aromatic rings. The first kappa shape index (κ1) is 11.2. The van der Waals surface area contributed by atoms with E-state index >= 15 is 0 Å². The van der Waals surface area contributed by atoms with Gasteiger partial charge in [0.25, 0.3) is 0 Å². The summed E-state index contributed by atoms with van der Waals surface area (Å²) in [6, 6.07) is 1.74. The van der Waals surface area contributed by atoms with Crippen molar-refractivity contribution in [3.8, 4) is 0 Å². The fraction of sp³-hybridized carbons (Fsp3) is 0.273. The van der Waals surface area contributed by atoms with Crippen LogP contribution in [0, 0.1) is 5.41 Å². The Labute approximate surface area is 88.4 Å². The van der Waals surface area contributed by atoms with Crippen LogP contribution < -0.4 is 5.73 Å². The molecule has 3 N–H and O–H groups in total. The summed E-state index contributed by atoms with van der Waals surface area (Å²) in [6.07, 6.45) is 6.46. The Bertz CT molecular complexity index is 397. The molecule has 0 unspecified atom stereocenters. The van der Waals surface area contributed by atoms with E-state index in [0.717, 1.165) is 5.56 Å². The SMILES string of the molecule is CC(C)(/C=C/c1ccncc1N)C(=O)O. The number of nitrogens with zero attached hydrogens (tertiary/aromatic N) is 1. The molecular formula is C11H14N2O2. The van der Waals surface area contributed by atoms with E-state index in [2.05, 4.69) is 4.98 Å². The predicted octanol–water partition coefficient (Wildman–Crippen LogP) is 1.79. The molecule has 0 amide bonds. The molecule has 1 aromatic heterocycles. The lowest BCUT2D eigenvalue weighted by Crippen LogP contribution is -2.20. The number of carboxylic acid groups (broad SMARTS) is 1. The van der Waals surface area contributed by atoms with Crippen LogP contribution in [-0.4, -0.2) is 16.1 Å². The zero-order valence-corrected chi connectivity index (χ0v) is 8.77. The first-order valence-corrected chi connectivity index (χ1v) is 4.55. The molecule has 1 heterocycles. The van der Waals surface area contributed by atoms with Crippen LogP contribution in [0.5, 0.6) is 0 Å². The van der Waals surface area contributed by atoms with Crippen LogP contribution in [0.1, 0.15) is 19.4 Å². The molecule has 4 heteroatoms. The Hall–Kier alpha value is -1.84. The molecule has 0 saturated heterocycles. The van der Waals surface area contributed by atoms with Gasteiger partial charge >= 0.3 is 5.97 Å². The van der Waals surface area contributed by atoms with E-state index in [4.69, 9.17) is 10.8 Å². The van der Waals surface area contributed by atoms with E-state index < -0.39 is 11.4 Å². The number of pyridine rings is 1. The second kappa shape index (κ2) is 4.13. The first-order valence-electron chi connectivity index (χ1n) is 4.55. The Kier molecular flexibility index (Phi) is 3.09. The summed E-state index contributed by atoms with van der Waals surface area (Å²) in [5, 5.41) is 8.89. The Morgan fingerprint density at radius 1 is 1.60 bits per heavy atom. The van der Waals surface area contributed by atoms with Crippen LogP contribution in [0.25, 0.3) is 6.08 Å². The van der Waals surface area contributed by atoms with E-state index in [0.29, 0.717) is 5.69 Å². The predicted molar refractivity (Wildman–Crippen MR) is 59.1 cm³/mol. The summed E-state index contributed by atoms with van der Waals surface area (Å²) >= 11 is 0. The third-order valence-electron chi connectivity index (χ3n) is 2.12.